The number of pyridine rings is 1. The zero-order chi connectivity index (χ0) is 17.4. The molecule has 0 N–H and O–H groups in total. The molecule has 128 valence electrons. The van der Waals surface area contributed by atoms with E-state index in [1.54, 1.807) is 6.20 Å². The van der Waals surface area contributed by atoms with E-state index in [1.807, 2.05) is 35.4 Å². The van der Waals surface area contributed by atoms with Crippen molar-refractivity contribution in [3.8, 4) is 0 Å². The molecule has 0 saturated heterocycles. The average molecular weight is 324 g/mol. The Morgan fingerprint density at radius 1 is 1.17 bits per heavy atom. The maximum absolute atomic E-state index is 12.9. The molecule has 0 fully saturated rings. The van der Waals surface area contributed by atoms with Crippen molar-refractivity contribution < 1.29 is 4.79 Å². The van der Waals surface area contributed by atoms with Gasteiger partial charge in [-0.15, -0.1) is 0 Å². The van der Waals surface area contributed by atoms with Crippen molar-refractivity contribution in [3.63, 3.8) is 0 Å². The van der Waals surface area contributed by atoms with Crippen molar-refractivity contribution in [1.82, 2.24) is 9.88 Å². The predicted molar refractivity (Wildman–Crippen MR) is 98.4 cm³/mol. The lowest BCUT2D eigenvalue weighted by molar-refractivity contribution is -0.133. The van der Waals surface area contributed by atoms with Crippen molar-refractivity contribution in [2.75, 3.05) is 0 Å². The van der Waals surface area contributed by atoms with Crippen LogP contribution in [0, 0.1) is 12.8 Å². The molecule has 0 saturated carbocycles. The lowest BCUT2D eigenvalue weighted by Crippen LogP contribution is -2.31. The minimum Gasteiger partial charge on any atom is -0.334 e. The first kappa shape index (κ1) is 18.2. The van der Waals surface area contributed by atoms with Crippen molar-refractivity contribution in [3.05, 3.63) is 65.5 Å². The number of rotatable bonds is 8. The number of aryl methyl sites for hydroxylation is 1. The summed E-state index contributed by atoms with van der Waals surface area (Å²) in [7, 11) is 0. The fourth-order valence-corrected chi connectivity index (χ4v) is 2.96. The number of amides is 1. The molecule has 1 amide bonds. The van der Waals surface area contributed by atoms with Gasteiger partial charge in [0.15, 0.2) is 0 Å². The molecule has 2 aromatic rings. The quantitative estimate of drug-likeness (QED) is 0.702. The van der Waals surface area contributed by atoms with Crippen molar-refractivity contribution in [2.24, 2.45) is 5.92 Å². The summed E-state index contributed by atoms with van der Waals surface area (Å²) < 4.78 is 0. The van der Waals surface area contributed by atoms with Crippen LogP contribution in [0.5, 0.6) is 0 Å². The maximum atomic E-state index is 12.9. The lowest BCUT2D eigenvalue weighted by atomic mass is 10.0. The van der Waals surface area contributed by atoms with Crippen molar-refractivity contribution >= 4 is 5.91 Å². The molecule has 3 nitrogen and oxygen atoms in total. The van der Waals surface area contributed by atoms with Crippen LogP contribution in [0.15, 0.2) is 48.8 Å². The van der Waals surface area contributed by atoms with Gasteiger partial charge in [0.25, 0.3) is 0 Å². The van der Waals surface area contributed by atoms with E-state index in [9.17, 15) is 4.79 Å². The Balaban J connectivity index is 2.14. The summed E-state index contributed by atoms with van der Waals surface area (Å²) in [6, 6.07) is 12.2. The third kappa shape index (κ3) is 5.48. The standard InChI is InChI=1S/C21H28N2O/c1-4-8-17(2)13-21(24)23(15-19-10-7-12-22-14-19)16-20-11-6-5-9-18(20)3/h5-7,9-12,14,17H,4,8,13,15-16H2,1-3H3. The van der Waals surface area contributed by atoms with Gasteiger partial charge in [-0.05, 0) is 35.6 Å². The molecule has 1 aromatic heterocycles. The largest absolute Gasteiger partial charge is 0.334 e. The smallest absolute Gasteiger partial charge is 0.223 e. The Morgan fingerprint density at radius 2 is 1.96 bits per heavy atom. The summed E-state index contributed by atoms with van der Waals surface area (Å²) >= 11 is 0. The van der Waals surface area contributed by atoms with Gasteiger partial charge in [0.05, 0.1) is 0 Å². The van der Waals surface area contributed by atoms with Gasteiger partial charge in [-0.25, -0.2) is 0 Å². The minimum absolute atomic E-state index is 0.225. The van der Waals surface area contributed by atoms with Crippen molar-refractivity contribution in [2.45, 2.75) is 53.1 Å². The molecule has 0 aliphatic carbocycles. The third-order valence-corrected chi connectivity index (χ3v) is 4.38. The van der Waals surface area contributed by atoms with E-state index >= 15 is 0 Å². The van der Waals surface area contributed by atoms with Gasteiger partial charge in [0.2, 0.25) is 5.91 Å². The first-order chi connectivity index (χ1) is 11.6. The van der Waals surface area contributed by atoms with Gasteiger partial charge in [-0.3, -0.25) is 9.78 Å². The number of nitrogens with zero attached hydrogens (tertiary/aromatic N) is 2. The third-order valence-electron chi connectivity index (χ3n) is 4.38. The van der Waals surface area contributed by atoms with Crippen LogP contribution in [0.4, 0.5) is 0 Å². The SMILES string of the molecule is CCCC(C)CC(=O)N(Cc1cccnc1)Cc1ccccc1C. The monoisotopic (exact) mass is 324 g/mol. The first-order valence-electron chi connectivity index (χ1n) is 8.81. The zero-order valence-corrected chi connectivity index (χ0v) is 15.0. The van der Waals surface area contributed by atoms with Crippen LogP contribution in [0.25, 0.3) is 0 Å². The van der Waals surface area contributed by atoms with E-state index in [4.69, 9.17) is 0 Å². The van der Waals surface area contributed by atoms with E-state index in [0.717, 1.165) is 18.4 Å². The van der Waals surface area contributed by atoms with Gasteiger partial charge in [0.1, 0.15) is 0 Å². The number of hydrogen-bond acceptors (Lipinski definition) is 2. The van der Waals surface area contributed by atoms with E-state index in [0.29, 0.717) is 25.4 Å². The summed E-state index contributed by atoms with van der Waals surface area (Å²) in [4.78, 5) is 19.0. The molecular weight excluding hydrogens is 296 g/mol. The molecule has 1 heterocycles. The molecule has 1 aromatic carbocycles. The second-order valence-corrected chi connectivity index (χ2v) is 6.64. The second-order valence-electron chi connectivity index (χ2n) is 6.64. The van der Waals surface area contributed by atoms with Crippen LogP contribution in [0.2, 0.25) is 0 Å². The molecule has 0 radical (unpaired) electrons. The number of carbonyl (C=O) groups is 1. The Kier molecular flexibility index (Phi) is 6.98. The first-order valence-corrected chi connectivity index (χ1v) is 8.81. The number of benzene rings is 1. The molecule has 0 aliphatic rings. The Bertz CT molecular complexity index is 639. The summed E-state index contributed by atoms with van der Waals surface area (Å²) in [6.45, 7) is 7.69. The van der Waals surface area contributed by atoms with E-state index < -0.39 is 0 Å². The Labute approximate surface area is 145 Å². The second kappa shape index (κ2) is 9.21. The van der Waals surface area contributed by atoms with Gasteiger partial charge in [-0.1, -0.05) is 57.0 Å². The Hall–Kier alpha value is -2.16. The van der Waals surface area contributed by atoms with E-state index in [2.05, 4.69) is 37.9 Å². The van der Waals surface area contributed by atoms with Gasteiger partial charge in [0, 0.05) is 31.9 Å². The van der Waals surface area contributed by atoms with Gasteiger partial charge in [-0.2, -0.15) is 0 Å². The number of hydrogen-bond donors (Lipinski definition) is 0. The van der Waals surface area contributed by atoms with Gasteiger partial charge < -0.3 is 4.90 Å². The molecule has 0 spiro atoms. The van der Waals surface area contributed by atoms with Gasteiger partial charge >= 0.3 is 0 Å². The topological polar surface area (TPSA) is 33.2 Å². The molecular formula is C21H28N2O. The molecule has 1 atom stereocenters. The summed E-state index contributed by atoms with van der Waals surface area (Å²) in [5.74, 6) is 0.652. The summed E-state index contributed by atoms with van der Waals surface area (Å²) in [5.41, 5.74) is 3.50. The minimum atomic E-state index is 0.225. The normalized spacial score (nSPS) is 12.0. The van der Waals surface area contributed by atoms with E-state index in [1.165, 1.54) is 11.1 Å². The van der Waals surface area contributed by atoms with Crippen LogP contribution in [0.3, 0.4) is 0 Å². The Morgan fingerprint density at radius 3 is 2.62 bits per heavy atom. The van der Waals surface area contributed by atoms with Crippen LogP contribution in [0.1, 0.15) is 49.8 Å². The van der Waals surface area contributed by atoms with Crippen molar-refractivity contribution in [1.29, 1.82) is 0 Å². The highest BCUT2D eigenvalue weighted by Gasteiger charge is 2.18. The summed E-state index contributed by atoms with van der Waals surface area (Å²) in [6.07, 6.45) is 6.43. The highest BCUT2D eigenvalue weighted by molar-refractivity contribution is 5.76. The maximum Gasteiger partial charge on any atom is 0.223 e. The fourth-order valence-electron chi connectivity index (χ4n) is 2.96. The van der Waals surface area contributed by atoms with Crippen LogP contribution in [-0.2, 0) is 17.9 Å². The predicted octanol–water partition coefficient (Wildman–Crippen LogP) is 4.75. The highest BCUT2D eigenvalue weighted by atomic mass is 16.2. The highest BCUT2D eigenvalue weighted by Crippen LogP contribution is 2.17. The molecule has 3 heteroatoms. The van der Waals surface area contributed by atoms with Crippen LogP contribution < -0.4 is 0 Å². The zero-order valence-electron chi connectivity index (χ0n) is 15.0. The summed E-state index contributed by atoms with van der Waals surface area (Å²) in [5, 5.41) is 0. The molecule has 1 unspecified atom stereocenters. The number of carbonyl (C=O) groups excluding carboxylic acids is 1. The lowest BCUT2D eigenvalue weighted by Gasteiger charge is -2.25. The molecule has 0 bridgehead atoms. The molecule has 2 rings (SSSR count). The van der Waals surface area contributed by atoms with Crippen LogP contribution in [-0.4, -0.2) is 15.8 Å². The van der Waals surface area contributed by atoms with E-state index in [-0.39, 0.29) is 5.91 Å². The van der Waals surface area contributed by atoms with Crippen LogP contribution >= 0.6 is 0 Å². The molecule has 0 aliphatic heterocycles. The fraction of sp³-hybridized carbons (Fsp3) is 0.429. The number of aromatic nitrogens is 1. The average Bonchev–Trinajstić information content (AvgIpc) is 2.57. The molecule has 24 heavy (non-hydrogen) atoms.